The number of anilines is 1. The molecule has 0 saturated heterocycles. The van der Waals surface area contributed by atoms with Crippen molar-refractivity contribution in [2.45, 2.75) is 20.3 Å². The second-order valence-corrected chi connectivity index (χ2v) is 5.99. The van der Waals surface area contributed by atoms with E-state index in [4.69, 9.17) is 0 Å². The van der Waals surface area contributed by atoms with Crippen molar-refractivity contribution >= 4 is 33.4 Å². The highest BCUT2D eigenvalue weighted by Crippen LogP contribution is 2.35. The molecule has 0 radical (unpaired) electrons. The molecule has 1 aliphatic rings. The number of carbonyl (C=O) groups excluding carboxylic acids is 2. The van der Waals surface area contributed by atoms with Gasteiger partial charge >= 0.3 is 0 Å². The molecular weight excluding hydrogens is 330 g/mol. The SMILES string of the molecule is CCc1cc(Br)cc(C)c1N1C(=O)c2ccccc2C1=O. The minimum Gasteiger partial charge on any atom is -0.268 e. The van der Waals surface area contributed by atoms with Gasteiger partial charge in [0.1, 0.15) is 0 Å². The topological polar surface area (TPSA) is 37.4 Å². The number of amides is 2. The summed E-state index contributed by atoms with van der Waals surface area (Å²) in [7, 11) is 0. The molecule has 0 spiro atoms. The van der Waals surface area contributed by atoms with Crippen molar-refractivity contribution in [3.05, 3.63) is 63.1 Å². The third-order valence-electron chi connectivity index (χ3n) is 3.74. The van der Waals surface area contributed by atoms with Crippen LogP contribution in [0.4, 0.5) is 5.69 Å². The number of rotatable bonds is 2. The van der Waals surface area contributed by atoms with Crippen molar-refractivity contribution in [1.29, 1.82) is 0 Å². The number of nitrogens with zero attached hydrogens (tertiary/aromatic N) is 1. The smallest absolute Gasteiger partial charge is 0.266 e. The maximum Gasteiger partial charge on any atom is 0.266 e. The minimum absolute atomic E-state index is 0.240. The summed E-state index contributed by atoms with van der Waals surface area (Å²) in [5.74, 6) is -0.480. The van der Waals surface area contributed by atoms with Gasteiger partial charge in [0.15, 0.2) is 0 Å². The van der Waals surface area contributed by atoms with Crippen molar-refractivity contribution < 1.29 is 9.59 Å². The first-order valence-electron chi connectivity index (χ1n) is 6.81. The van der Waals surface area contributed by atoms with Gasteiger partial charge in [0, 0.05) is 4.47 Å². The molecular formula is C17H14BrNO2. The Balaban J connectivity index is 2.20. The summed E-state index contributed by atoms with van der Waals surface area (Å²) in [6.45, 7) is 3.94. The number of aryl methyl sites for hydroxylation is 2. The number of imide groups is 1. The number of halogens is 1. The van der Waals surface area contributed by atoms with Crippen molar-refractivity contribution in [3.63, 3.8) is 0 Å². The standard InChI is InChI=1S/C17H14BrNO2/c1-3-11-9-12(18)8-10(2)15(11)19-16(20)13-6-4-5-7-14(13)17(19)21/h4-9H,3H2,1-2H3. The average molecular weight is 344 g/mol. The average Bonchev–Trinajstić information content (AvgIpc) is 2.71. The predicted molar refractivity (Wildman–Crippen MR) is 85.8 cm³/mol. The summed E-state index contributed by atoms with van der Waals surface area (Å²) >= 11 is 3.47. The molecule has 0 fully saturated rings. The molecule has 1 aliphatic heterocycles. The zero-order valence-electron chi connectivity index (χ0n) is 11.8. The van der Waals surface area contributed by atoms with Gasteiger partial charge in [-0.3, -0.25) is 9.59 Å². The Hall–Kier alpha value is -1.94. The molecule has 0 atom stereocenters. The lowest BCUT2D eigenvalue weighted by molar-refractivity contribution is 0.0925. The van der Waals surface area contributed by atoms with Gasteiger partial charge in [0.05, 0.1) is 16.8 Å². The molecule has 106 valence electrons. The molecule has 4 heteroatoms. The number of fused-ring (bicyclic) bond motifs is 1. The van der Waals surface area contributed by atoms with Gasteiger partial charge in [-0.2, -0.15) is 0 Å². The molecule has 1 heterocycles. The first-order valence-corrected chi connectivity index (χ1v) is 7.60. The van der Waals surface area contributed by atoms with E-state index in [9.17, 15) is 9.59 Å². The van der Waals surface area contributed by atoms with Crippen LogP contribution >= 0.6 is 15.9 Å². The fourth-order valence-electron chi connectivity index (χ4n) is 2.79. The first kappa shape index (κ1) is 14.0. The molecule has 0 saturated carbocycles. The molecule has 0 N–H and O–H groups in total. The number of benzene rings is 2. The minimum atomic E-state index is -0.240. The Morgan fingerprint density at radius 1 is 1.05 bits per heavy atom. The molecule has 0 aromatic heterocycles. The summed E-state index contributed by atoms with van der Waals surface area (Å²) in [5.41, 5.74) is 3.57. The number of hydrogen-bond acceptors (Lipinski definition) is 2. The largest absolute Gasteiger partial charge is 0.268 e. The van der Waals surface area contributed by atoms with Gasteiger partial charge in [-0.05, 0) is 48.7 Å². The lowest BCUT2D eigenvalue weighted by Crippen LogP contribution is -2.31. The van der Waals surface area contributed by atoms with Gasteiger partial charge in [-0.15, -0.1) is 0 Å². The van der Waals surface area contributed by atoms with E-state index in [0.29, 0.717) is 16.8 Å². The second-order valence-electron chi connectivity index (χ2n) is 5.08. The summed E-state index contributed by atoms with van der Waals surface area (Å²) in [4.78, 5) is 26.5. The van der Waals surface area contributed by atoms with Crippen molar-refractivity contribution in [2.24, 2.45) is 0 Å². The van der Waals surface area contributed by atoms with E-state index in [1.807, 2.05) is 26.0 Å². The second kappa shape index (κ2) is 5.11. The van der Waals surface area contributed by atoms with E-state index >= 15 is 0 Å². The van der Waals surface area contributed by atoms with Crippen LogP contribution in [0.1, 0.15) is 38.8 Å². The zero-order valence-corrected chi connectivity index (χ0v) is 13.4. The maximum atomic E-state index is 12.6. The Morgan fingerprint density at radius 3 is 2.14 bits per heavy atom. The molecule has 2 aromatic carbocycles. The first-order chi connectivity index (χ1) is 10.0. The molecule has 3 nitrogen and oxygen atoms in total. The maximum absolute atomic E-state index is 12.6. The highest BCUT2D eigenvalue weighted by atomic mass is 79.9. The fourth-order valence-corrected chi connectivity index (χ4v) is 3.41. The quantitative estimate of drug-likeness (QED) is 0.769. The molecule has 0 bridgehead atoms. The van der Waals surface area contributed by atoms with Crippen molar-refractivity contribution in [2.75, 3.05) is 4.90 Å². The van der Waals surface area contributed by atoms with E-state index < -0.39 is 0 Å². The molecule has 0 unspecified atom stereocenters. The van der Waals surface area contributed by atoms with Gasteiger partial charge in [0.2, 0.25) is 0 Å². The van der Waals surface area contributed by atoms with Crippen LogP contribution in [0.25, 0.3) is 0 Å². The molecule has 2 aromatic rings. The van der Waals surface area contributed by atoms with E-state index in [-0.39, 0.29) is 11.8 Å². The Bertz CT molecular complexity index is 732. The van der Waals surface area contributed by atoms with Gasteiger partial charge in [0.25, 0.3) is 11.8 Å². The van der Waals surface area contributed by atoms with Crippen LogP contribution in [-0.4, -0.2) is 11.8 Å². The van der Waals surface area contributed by atoms with Crippen LogP contribution in [0.2, 0.25) is 0 Å². The zero-order chi connectivity index (χ0) is 15.1. The van der Waals surface area contributed by atoms with Crippen LogP contribution in [0.5, 0.6) is 0 Å². The molecule has 0 aliphatic carbocycles. The molecule has 3 rings (SSSR count). The van der Waals surface area contributed by atoms with Crippen LogP contribution in [0.3, 0.4) is 0 Å². The Morgan fingerprint density at radius 2 is 1.62 bits per heavy atom. The summed E-state index contributed by atoms with van der Waals surface area (Å²) in [5, 5.41) is 0. The highest BCUT2D eigenvalue weighted by molar-refractivity contribution is 9.10. The highest BCUT2D eigenvalue weighted by Gasteiger charge is 2.37. The Kier molecular flexibility index (Phi) is 3.41. The van der Waals surface area contributed by atoms with Crippen LogP contribution < -0.4 is 4.90 Å². The van der Waals surface area contributed by atoms with E-state index in [1.165, 1.54) is 4.90 Å². The van der Waals surface area contributed by atoms with E-state index in [0.717, 1.165) is 22.0 Å². The predicted octanol–water partition coefficient (Wildman–Crippen LogP) is 4.12. The van der Waals surface area contributed by atoms with Gasteiger partial charge in [-0.1, -0.05) is 35.0 Å². The van der Waals surface area contributed by atoms with Crippen molar-refractivity contribution in [3.8, 4) is 0 Å². The molecule has 21 heavy (non-hydrogen) atoms. The van der Waals surface area contributed by atoms with Gasteiger partial charge in [-0.25, -0.2) is 4.90 Å². The third-order valence-corrected chi connectivity index (χ3v) is 4.20. The normalized spacial score (nSPS) is 13.8. The van der Waals surface area contributed by atoms with Crippen LogP contribution in [0, 0.1) is 6.92 Å². The number of hydrogen-bond donors (Lipinski definition) is 0. The Labute approximate surface area is 131 Å². The summed E-state index contributed by atoms with van der Waals surface area (Å²) in [6, 6.07) is 10.9. The summed E-state index contributed by atoms with van der Waals surface area (Å²) < 4.78 is 0.956. The van der Waals surface area contributed by atoms with Crippen LogP contribution in [-0.2, 0) is 6.42 Å². The third kappa shape index (κ3) is 2.10. The van der Waals surface area contributed by atoms with E-state index in [2.05, 4.69) is 15.9 Å². The fraction of sp³-hybridized carbons (Fsp3) is 0.176. The van der Waals surface area contributed by atoms with Crippen molar-refractivity contribution in [1.82, 2.24) is 0 Å². The lowest BCUT2D eigenvalue weighted by atomic mass is 10.0. The monoisotopic (exact) mass is 343 g/mol. The molecule has 2 amide bonds. The number of carbonyl (C=O) groups is 2. The summed E-state index contributed by atoms with van der Waals surface area (Å²) in [6.07, 6.45) is 0.753. The van der Waals surface area contributed by atoms with E-state index in [1.54, 1.807) is 24.3 Å². The van der Waals surface area contributed by atoms with Gasteiger partial charge < -0.3 is 0 Å². The lowest BCUT2D eigenvalue weighted by Gasteiger charge is -2.20. The van der Waals surface area contributed by atoms with Crippen LogP contribution in [0.15, 0.2) is 40.9 Å².